The normalized spacial score (nSPS) is 16.7. The van der Waals surface area contributed by atoms with E-state index in [0.29, 0.717) is 26.3 Å². The molecule has 1 heterocycles. The van der Waals surface area contributed by atoms with Crippen LogP contribution in [-0.4, -0.2) is 61.0 Å². The molecule has 1 aromatic rings. The lowest BCUT2D eigenvalue weighted by molar-refractivity contribution is -0.140. The Hall–Kier alpha value is -2.12. The van der Waals surface area contributed by atoms with Crippen LogP contribution in [0.1, 0.15) is 5.56 Å². The molecule has 2 N–H and O–H groups in total. The average molecular weight is 308 g/mol. The first-order valence-electron chi connectivity index (χ1n) is 7.15. The van der Waals surface area contributed by atoms with Gasteiger partial charge in [-0.1, -0.05) is 30.3 Å². The molecular weight excluding hydrogens is 288 g/mol. The summed E-state index contributed by atoms with van der Waals surface area (Å²) < 4.78 is 10.3. The smallest absolute Gasteiger partial charge is 0.408 e. The maximum absolute atomic E-state index is 11.7. The van der Waals surface area contributed by atoms with E-state index in [1.54, 1.807) is 0 Å². The molecule has 1 atom stereocenters. The van der Waals surface area contributed by atoms with E-state index in [0.717, 1.165) is 5.56 Å². The predicted octanol–water partition coefficient (Wildman–Crippen LogP) is 0.698. The molecule has 0 radical (unpaired) electrons. The molecule has 1 fully saturated rings. The number of carboxylic acid groups (broad SMARTS) is 1. The number of carbonyl (C=O) groups excluding carboxylic acids is 1. The number of carbonyl (C=O) groups is 2. The van der Waals surface area contributed by atoms with Crippen LogP contribution >= 0.6 is 0 Å². The van der Waals surface area contributed by atoms with Gasteiger partial charge in [0.05, 0.1) is 13.2 Å². The van der Waals surface area contributed by atoms with E-state index in [4.69, 9.17) is 9.47 Å². The van der Waals surface area contributed by atoms with Crippen LogP contribution in [0.2, 0.25) is 0 Å². The van der Waals surface area contributed by atoms with Crippen molar-refractivity contribution in [1.29, 1.82) is 0 Å². The number of amides is 1. The summed E-state index contributed by atoms with van der Waals surface area (Å²) in [6, 6.07) is 8.21. The van der Waals surface area contributed by atoms with Crippen molar-refractivity contribution in [2.24, 2.45) is 0 Å². The van der Waals surface area contributed by atoms with Crippen LogP contribution in [0.15, 0.2) is 30.3 Å². The van der Waals surface area contributed by atoms with Crippen molar-refractivity contribution in [3.8, 4) is 0 Å². The van der Waals surface area contributed by atoms with Gasteiger partial charge in [0.15, 0.2) is 0 Å². The van der Waals surface area contributed by atoms with E-state index in [2.05, 4.69) is 5.32 Å². The highest BCUT2D eigenvalue weighted by atomic mass is 16.5. The Balaban J connectivity index is 1.79. The molecule has 1 amide bonds. The van der Waals surface area contributed by atoms with E-state index in [9.17, 15) is 14.7 Å². The summed E-state index contributed by atoms with van der Waals surface area (Å²) in [7, 11) is 0. The zero-order valence-electron chi connectivity index (χ0n) is 12.2. The van der Waals surface area contributed by atoms with E-state index >= 15 is 0 Å². The van der Waals surface area contributed by atoms with Gasteiger partial charge < -0.3 is 19.9 Å². The van der Waals surface area contributed by atoms with Gasteiger partial charge in [0.25, 0.3) is 0 Å². The van der Waals surface area contributed by atoms with Gasteiger partial charge in [-0.05, 0) is 5.56 Å². The Kier molecular flexibility index (Phi) is 6.17. The minimum Gasteiger partial charge on any atom is -0.480 e. The molecule has 0 unspecified atom stereocenters. The molecule has 22 heavy (non-hydrogen) atoms. The summed E-state index contributed by atoms with van der Waals surface area (Å²) in [6.45, 7) is 2.81. The lowest BCUT2D eigenvalue weighted by Crippen LogP contribution is -2.51. The second-order valence-corrected chi connectivity index (χ2v) is 5.01. The fraction of sp³-hybridized carbons (Fsp3) is 0.467. The van der Waals surface area contributed by atoms with Gasteiger partial charge in [-0.15, -0.1) is 0 Å². The van der Waals surface area contributed by atoms with Gasteiger partial charge in [0.1, 0.15) is 12.6 Å². The largest absolute Gasteiger partial charge is 0.480 e. The molecule has 0 saturated carbocycles. The Bertz CT molecular complexity index is 488. The molecule has 0 aliphatic carbocycles. The van der Waals surface area contributed by atoms with Gasteiger partial charge >= 0.3 is 12.1 Å². The van der Waals surface area contributed by atoms with Gasteiger partial charge in [-0.2, -0.15) is 0 Å². The summed E-state index contributed by atoms with van der Waals surface area (Å²) in [5.74, 6) is -1.08. The molecule has 120 valence electrons. The van der Waals surface area contributed by atoms with Crippen LogP contribution in [0.4, 0.5) is 4.79 Å². The molecule has 0 bridgehead atoms. The van der Waals surface area contributed by atoms with E-state index in [1.807, 2.05) is 35.2 Å². The number of rotatable bonds is 6. The van der Waals surface area contributed by atoms with Gasteiger partial charge in [0, 0.05) is 19.6 Å². The highest BCUT2D eigenvalue weighted by Gasteiger charge is 2.24. The van der Waals surface area contributed by atoms with Crippen LogP contribution in [0.3, 0.4) is 0 Å². The number of nitrogens with zero attached hydrogens (tertiary/aromatic N) is 1. The number of benzene rings is 1. The Morgan fingerprint density at radius 3 is 2.59 bits per heavy atom. The lowest BCUT2D eigenvalue weighted by Gasteiger charge is -2.29. The van der Waals surface area contributed by atoms with Crippen molar-refractivity contribution in [1.82, 2.24) is 10.2 Å². The quantitative estimate of drug-likeness (QED) is 0.804. The van der Waals surface area contributed by atoms with Crippen molar-refractivity contribution < 1.29 is 24.2 Å². The number of hydrogen-bond acceptors (Lipinski definition) is 5. The molecule has 1 aliphatic heterocycles. The lowest BCUT2D eigenvalue weighted by atomic mass is 10.2. The third kappa shape index (κ3) is 5.34. The monoisotopic (exact) mass is 308 g/mol. The third-order valence-corrected chi connectivity index (χ3v) is 3.35. The number of aliphatic carboxylic acids is 1. The van der Waals surface area contributed by atoms with Crippen LogP contribution in [0.5, 0.6) is 0 Å². The number of ether oxygens (including phenoxy) is 2. The molecule has 1 aliphatic rings. The average Bonchev–Trinajstić information content (AvgIpc) is 2.54. The fourth-order valence-electron chi connectivity index (χ4n) is 2.13. The van der Waals surface area contributed by atoms with Crippen molar-refractivity contribution in [3.63, 3.8) is 0 Å². The predicted molar refractivity (Wildman–Crippen MR) is 78.4 cm³/mol. The van der Waals surface area contributed by atoms with Crippen molar-refractivity contribution in [2.75, 3.05) is 32.8 Å². The van der Waals surface area contributed by atoms with Crippen LogP contribution in [-0.2, 0) is 20.9 Å². The zero-order valence-corrected chi connectivity index (χ0v) is 12.2. The summed E-state index contributed by atoms with van der Waals surface area (Å²) in [5.41, 5.74) is 0.845. The van der Waals surface area contributed by atoms with Crippen molar-refractivity contribution >= 4 is 12.1 Å². The van der Waals surface area contributed by atoms with Crippen LogP contribution in [0, 0.1) is 0 Å². The summed E-state index contributed by atoms with van der Waals surface area (Å²) in [5, 5.41) is 11.6. The van der Waals surface area contributed by atoms with Gasteiger partial charge in [0.2, 0.25) is 0 Å². The highest BCUT2D eigenvalue weighted by Crippen LogP contribution is 2.02. The van der Waals surface area contributed by atoms with Crippen molar-refractivity contribution in [3.05, 3.63) is 35.9 Å². The Morgan fingerprint density at radius 1 is 1.27 bits per heavy atom. The first-order valence-corrected chi connectivity index (χ1v) is 7.15. The number of morpholine rings is 1. The summed E-state index contributed by atoms with van der Waals surface area (Å²) >= 11 is 0. The second-order valence-electron chi connectivity index (χ2n) is 5.01. The van der Waals surface area contributed by atoms with E-state index in [1.165, 1.54) is 0 Å². The van der Waals surface area contributed by atoms with Crippen LogP contribution < -0.4 is 5.32 Å². The molecule has 0 aromatic heterocycles. The molecule has 7 nitrogen and oxygen atoms in total. The first-order chi connectivity index (χ1) is 10.6. The number of alkyl carbamates (subject to hydrolysis) is 1. The molecular formula is C15H20N2O5. The number of nitrogens with one attached hydrogen (secondary N) is 1. The van der Waals surface area contributed by atoms with Gasteiger partial charge in [-0.3, -0.25) is 4.90 Å². The van der Waals surface area contributed by atoms with Crippen molar-refractivity contribution in [2.45, 2.75) is 12.6 Å². The standard InChI is InChI=1S/C15H20N2O5/c18-14(19)13(10-17-6-8-21-9-7-17)16-15(20)22-11-12-4-2-1-3-5-12/h1-5,13H,6-11H2,(H,16,20)(H,18,19)/t13-/m1/s1. The van der Waals surface area contributed by atoms with Gasteiger partial charge in [-0.25, -0.2) is 9.59 Å². The third-order valence-electron chi connectivity index (χ3n) is 3.35. The fourth-order valence-corrected chi connectivity index (χ4v) is 2.13. The number of carboxylic acids is 1. The molecule has 7 heteroatoms. The highest BCUT2D eigenvalue weighted by molar-refractivity contribution is 5.80. The SMILES string of the molecule is O=C(N[C@H](CN1CCOCC1)C(=O)O)OCc1ccccc1. The van der Waals surface area contributed by atoms with E-state index in [-0.39, 0.29) is 13.2 Å². The minimum absolute atomic E-state index is 0.108. The zero-order chi connectivity index (χ0) is 15.8. The molecule has 1 saturated heterocycles. The molecule has 2 rings (SSSR count). The van der Waals surface area contributed by atoms with E-state index < -0.39 is 18.1 Å². The summed E-state index contributed by atoms with van der Waals surface area (Å²) in [6.07, 6.45) is -0.732. The summed E-state index contributed by atoms with van der Waals surface area (Å²) in [4.78, 5) is 24.9. The Labute approximate surface area is 128 Å². The second kappa shape index (κ2) is 8.35. The van der Waals surface area contributed by atoms with Crippen LogP contribution in [0.25, 0.3) is 0 Å². The maximum Gasteiger partial charge on any atom is 0.408 e. The molecule has 0 spiro atoms. The first kappa shape index (κ1) is 16.3. The topological polar surface area (TPSA) is 88.1 Å². The maximum atomic E-state index is 11.7. The Morgan fingerprint density at radius 2 is 1.95 bits per heavy atom. The number of hydrogen-bond donors (Lipinski definition) is 2. The minimum atomic E-state index is -1.08. The molecule has 1 aromatic carbocycles.